The Morgan fingerprint density at radius 2 is 1.83 bits per heavy atom. The summed E-state index contributed by atoms with van der Waals surface area (Å²) in [7, 11) is 0. The molecule has 0 spiro atoms. The van der Waals surface area contributed by atoms with E-state index in [0.29, 0.717) is 42.5 Å². The van der Waals surface area contributed by atoms with Crippen LogP contribution in [0.25, 0.3) is 6.08 Å². The maximum atomic E-state index is 12.4. The molecule has 3 rings (SSSR count). The van der Waals surface area contributed by atoms with Crippen molar-refractivity contribution in [2.45, 2.75) is 17.6 Å². The molecule has 1 aliphatic heterocycles. The molecule has 0 bridgehead atoms. The summed E-state index contributed by atoms with van der Waals surface area (Å²) in [6.45, 7) is 3.78. The van der Waals surface area contributed by atoms with Crippen LogP contribution in [-0.2, 0) is 15.3 Å². The molecule has 1 heterocycles. The maximum Gasteiger partial charge on any atom is 0.246 e. The third-order valence-electron chi connectivity index (χ3n) is 4.92. The van der Waals surface area contributed by atoms with Crippen LogP contribution in [0, 0.1) is 11.3 Å². The van der Waals surface area contributed by atoms with Gasteiger partial charge in [-0.1, -0.05) is 35.9 Å². The number of piperazine rings is 1. The summed E-state index contributed by atoms with van der Waals surface area (Å²) in [5.74, 6) is 0.629. The summed E-state index contributed by atoms with van der Waals surface area (Å²) < 4.78 is 0. The van der Waals surface area contributed by atoms with Gasteiger partial charge < -0.3 is 9.80 Å². The van der Waals surface area contributed by atoms with Crippen molar-refractivity contribution in [3.63, 3.8) is 0 Å². The maximum absolute atomic E-state index is 12.4. The highest BCUT2D eigenvalue weighted by Gasteiger charge is 2.20. The van der Waals surface area contributed by atoms with E-state index in [4.69, 9.17) is 11.6 Å². The Bertz CT molecular complexity index is 1010. The molecular weight excluding hydrogens is 418 g/mol. The Morgan fingerprint density at radius 3 is 2.50 bits per heavy atom. The van der Waals surface area contributed by atoms with Gasteiger partial charge in [-0.2, -0.15) is 5.26 Å². The van der Waals surface area contributed by atoms with Crippen molar-refractivity contribution in [1.29, 1.82) is 5.26 Å². The largest absolute Gasteiger partial charge is 0.339 e. The van der Waals surface area contributed by atoms with Gasteiger partial charge >= 0.3 is 0 Å². The minimum atomic E-state index is -0.0675. The summed E-state index contributed by atoms with van der Waals surface area (Å²) in [6, 6.07) is 15.4. The van der Waals surface area contributed by atoms with Gasteiger partial charge in [0.1, 0.15) is 6.07 Å². The molecule has 0 aromatic heterocycles. The highest BCUT2D eigenvalue weighted by molar-refractivity contribution is 7.98. The predicted molar refractivity (Wildman–Crippen MR) is 120 cm³/mol. The summed E-state index contributed by atoms with van der Waals surface area (Å²) in [5, 5.41) is 9.82. The normalized spacial score (nSPS) is 14.0. The molecule has 0 unspecified atom stereocenters. The Kier molecular flexibility index (Phi) is 7.56. The van der Waals surface area contributed by atoms with E-state index >= 15 is 0 Å². The van der Waals surface area contributed by atoms with Crippen LogP contribution < -0.4 is 0 Å². The number of nitrogens with zero attached hydrogens (tertiary/aromatic N) is 3. The van der Waals surface area contributed by atoms with Crippen LogP contribution in [-0.4, -0.2) is 47.8 Å². The first kappa shape index (κ1) is 21.9. The van der Waals surface area contributed by atoms with Gasteiger partial charge in [0, 0.05) is 54.8 Å². The molecule has 2 aromatic rings. The third kappa shape index (κ3) is 5.65. The van der Waals surface area contributed by atoms with Gasteiger partial charge in [-0.15, -0.1) is 11.8 Å². The van der Waals surface area contributed by atoms with Gasteiger partial charge in [-0.3, -0.25) is 9.59 Å². The minimum Gasteiger partial charge on any atom is -0.339 e. The molecule has 154 valence electrons. The van der Waals surface area contributed by atoms with E-state index in [0.717, 1.165) is 16.0 Å². The van der Waals surface area contributed by atoms with E-state index in [2.05, 4.69) is 6.07 Å². The molecule has 0 saturated carbocycles. The molecule has 0 radical (unpaired) electrons. The number of hydrogen-bond donors (Lipinski definition) is 0. The number of rotatable bonds is 5. The quantitative estimate of drug-likeness (QED) is 0.517. The molecular formula is C23H22ClN3O2S. The standard InChI is InChI=1S/C23H22ClN3O2S/c1-17(28)26-10-12-27(13-11-26)23(29)9-7-18-6-8-20(21(24)14-18)16-30-22-5-3-2-4-19(22)15-25/h2-9,14H,10-13,16H2,1H3. The van der Waals surface area contributed by atoms with Gasteiger partial charge in [-0.25, -0.2) is 0 Å². The van der Waals surface area contributed by atoms with E-state index in [1.807, 2.05) is 36.4 Å². The lowest BCUT2D eigenvalue weighted by Gasteiger charge is -2.33. The molecule has 1 saturated heterocycles. The average molecular weight is 440 g/mol. The first-order valence-corrected chi connectivity index (χ1v) is 11.0. The van der Waals surface area contributed by atoms with Crippen molar-refractivity contribution in [1.82, 2.24) is 9.80 Å². The van der Waals surface area contributed by atoms with Crippen LogP contribution in [0.15, 0.2) is 53.4 Å². The summed E-state index contributed by atoms with van der Waals surface area (Å²) in [6.07, 6.45) is 3.31. The lowest BCUT2D eigenvalue weighted by Crippen LogP contribution is -2.49. The number of thioether (sulfide) groups is 1. The number of amides is 2. The molecule has 2 aromatic carbocycles. The Morgan fingerprint density at radius 1 is 1.13 bits per heavy atom. The van der Waals surface area contributed by atoms with Crippen LogP contribution in [0.4, 0.5) is 0 Å². The lowest BCUT2D eigenvalue weighted by molar-refractivity contribution is -0.135. The fourth-order valence-electron chi connectivity index (χ4n) is 3.14. The Labute approximate surface area is 185 Å². The molecule has 7 heteroatoms. The summed E-state index contributed by atoms with van der Waals surface area (Å²) >= 11 is 8.00. The number of carbonyl (C=O) groups excluding carboxylic acids is 2. The summed E-state index contributed by atoms with van der Waals surface area (Å²) in [5.41, 5.74) is 2.47. The van der Waals surface area contributed by atoms with Gasteiger partial charge in [0.2, 0.25) is 11.8 Å². The average Bonchev–Trinajstić information content (AvgIpc) is 2.77. The molecule has 0 atom stereocenters. The fraction of sp³-hybridized carbons (Fsp3) is 0.261. The zero-order valence-electron chi connectivity index (χ0n) is 16.7. The van der Waals surface area contributed by atoms with E-state index in [9.17, 15) is 14.9 Å². The summed E-state index contributed by atoms with van der Waals surface area (Å²) in [4.78, 5) is 28.2. The van der Waals surface area contributed by atoms with Crippen LogP contribution in [0.5, 0.6) is 0 Å². The molecule has 1 aliphatic rings. The topological polar surface area (TPSA) is 64.4 Å². The van der Waals surface area contributed by atoms with Crippen molar-refractivity contribution in [3.05, 3.63) is 70.3 Å². The SMILES string of the molecule is CC(=O)N1CCN(C(=O)C=Cc2ccc(CSc3ccccc3C#N)c(Cl)c2)CC1. The van der Waals surface area contributed by atoms with Gasteiger partial charge in [-0.05, 0) is 35.4 Å². The second-order valence-corrected chi connectivity index (χ2v) is 8.34. The monoisotopic (exact) mass is 439 g/mol. The smallest absolute Gasteiger partial charge is 0.246 e. The lowest BCUT2D eigenvalue weighted by atomic mass is 10.1. The molecule has 0 aliphatic carbocycles. The highest BCUT2D eigenvalue weighted by atomic mass is 35.5. The van der Waals surface area contributed by atoms with Crippen molar-refractivity contribution in [3.8, 4) is 6.07 Å². The number of halogens is 1. The van der Waals surface area contributed by atoms with Crippen molar-refractivity contribution >= 4 is 41.3 Å². The van der Waals surface area contributed by atoms with E-state index in [1.165, 1.54) is 0 Å². The second kappa shape index (κ2) is 10.3. The zero-order valence-corrected chi connectivity index (χ0v) is 18.2. The van der Waals surface area contributed by atoms with E-state index in [1.54, 1.807) is 46.7 Å². The van der Waals surface area contributed by atoms with Crippen molar-refractivity contribution in [2.24, 2.45) is 0 Å². The second-order valence-electron chi connectivity index (χ2n) is 6.91. The van der Waals surface area contributed by atoms with Gasteiger partial charge in [0.05, 0.1) is 5.56 Å². The number of nitriles is 1. The van der Waals surface area contributed by atoms with Crippen LogP contribution in [0.1, 0.15) is 23.6 Å². The van der Waals surface area contributed by atoms with E-state index < -0.39 is 0 Å². The number of benzene rings is 2. The van der Waals surface area contributed by atoms with Gasteiger partial charge in [0.25, 0.3) is 0 Å². The van der Waals surface area contributed by atoms with Crippen molar-refractivity contribution < 1.29 is 9.59 Å². The Balaban J connectivity index is 1.58. The van der Waals surface area contributed by atoms with E-state index in [-0.39, 0.29) is 11.8 Å². The van der Waals surface area contributed by atoms with Crippen molar-refractivity contribution in [2.75, 3.05) is 26.2 Å². The highest BCUT2D eigenvalue weighted by Crippen LogP contribution is 2.29. The van der Waals surface area contributed by atoms with Crippen LogP contribution in [0.2, 0.25) is 5.02 Å². The molecule has 1 fully saturated rings. The number of carbonyl (C=O) groups is 2. The molecule has 5 nitrogen and oxygen atoms in total. The molecule has 2 amide bonds. The molecule has 0 N–H and O–H groups in total. The predicted octanol–water partition coefficient (Wildman–Crippen LogP) is 4.21. The first-order valence-electron chi connectivity index (χ1n) is 9.61. The van der Waals surface area contributed by atoms with Gasteiger partial charge in [0.15, 0.2) is 0 Å². The number of hydrogen-bond acceptors (Lipinski definition) is 4. The first-order chi connectivity index (χ1) is 14.5. The third-order valence-corrected chi connectivity index (χ3v) is 6.40. The fourth-order valence-corrected chi connectivity index (χ4v) is 4.48. The Hall–Kier alpha value is -2.75. The zero-order chi connectivity index (χ0) is 21.5. The molecule has 30 heavy (non-hydrogen) atoms. The minimum absolute atomic E-state index is 0.0432. The van der Waals surface area contributed by atoms with Crippen LogP contribution in [0.3, 0.4) is 0 Å². The van der Waals surface area contributed by atoms with Crippen LogP contribution >= 0.6 is 23.4 Å².